The molecule has 7 heteroatoms. The van der Waals surface area contributed by atoms with Crippen LogP contribution in [0.1, 0.15) is 5.56 Å². The molecule has 0 aliphatic carbocycles. The number of hydrogen-bond acceptors (Lipinski definition) is 5. The third-order valence-electron chi connectivity index (χ3n) is 4.42. The standard InChI is InChI=1S/C18H17FN2O2S2/c19-14-8-6-13(7-9-14)10-24-18-20-16-11-25(22,23)12-17(16)21(18)15-4-2-1-3-5-15/h1-9,16-17H,10-12H2/t16-,17+/m0/s1. The van der Waals surface area contributed by atoms with Gasteiger partial charge >= 0.3 is 0 Å². The average molecular weight is 376 g/mol. The predicted molar refractivity (Wildman–Crippen MR) is 100 cm³/mol. The van der Waals surface area contributed by atoms with Crippen molar-refractivity contribution in [2.24, 2.45) is 4.99 Å². The van der Waals surface area contributed by atoms with Gasteiger partial charge in [-0.15, -0.1) is 0 Å². The number of thioether (sulfide) groups is 1. The van der Waals surface area contributed by atoms with Crippen molar-refractivity contribution >= 4 is 32.5 Å². The minimum Gasteiger partial charge on any atom is -0.315 e. The van der Waals surface area contributed by atoms with Gasteiger partial charge in [0.05, 0.1) is 23.6 Å². The molecule has 2 atom stereocenters. The fourth-order valence-electron chi connectivity index (χ4n) is 3.25. The molecular formula is C18H17FN2O2S2. The maximum absolute atomic E-state index is 13.0. The summed E-state index contributed by atoms with van der Waals surface area (Å²) in [7, 11) is -3.04. The maximum atomic E-state index is 13.0. The molecular weight excluding hydrogens is 359 g/mol. The number of fused-ring (bicyclic) bond motifs is 1. The zero-order valence-corrected chi connectivity index (χ0v) is 15.0. The SMILES string of the molecule is O=S1(=O)C[C@@H]2N=C(SCc3ccc(F)cc3)N(c3ccccc3)[C@@H]2C1. The van der Waals surface area contributed by atoms with Crippen molar-refractivity contribution < 1.29 is 12.8 Å². The zero-order chi connectivity index (χ0) is 17.4. The highest BCUT2D eigenvalue weighted by molar-refractivity contribution is 8.13. The minimum atomic E-state index is -3.04. The number of sulfone groups is 1. The summed E-state index contributed by atoms with van der Waals surface area (Å²) in [6.07, 6.45) is 0. The first-order valence-electron chi connectivity index (χ1n) is 8.02. The zero-order valence-electron chi connectivity index (χ0n) is 13.4. The van der Waals surface area contributed by atoms with E-state index in [0.29, 0.717) is 5.75 Å². The predicted octanol–water partition coefficient (Wildman–Crippen LogP) is 3.10. The molecule has 130 valence electrons. The van der Waals surface area contributed by atoms with Crippen molar-refractivity contribution in [3.63, 3.8) is 0 Å². The molecule has 0 N–H and O–H groups in total. The molecule has 0 bridgehead atoms. The van der Waals surface area contributed by atoms with Crippen molar-refractivity contribution in [3.8, 4) is 0 Å². The van der Waals surface area contributed by atoms with E-state index >= 15 is 0 Å². The van der Waals surface area contributed by atoms with E-state index in [1.54, 1.807) is 23.9 Å². The van der Waals surface area contributed by atoms with Gasteiger partial charge in [0.2, 0.25) is 0 Å². The Balaban J connectivity index is 1.59. The van der Waals surface area contributed by atoms with Crippen molar-refractivity contribution in [2.45, 2.75) is 17.8 Å². The van der Waals surface area contributed by atoms with E-state index in [4.69, 9.17) is 0 Å². The van der Waals surface area contributed by atoms with Crippen LogP contribution in [0.5, 0.6) is 0 Å². The number of hydrogen-bond donors (Lipinski definition) is 0. The van der Waals surface area contributed by atoms with Crippen LogP contribution in [0, 0.1) is 5.82 Å². The smallest absolute Gasteiger partial charge is 0.164 e. The van der Waals surface area contributed by atoms with Gasteiger partial charge in [0.25, 0.3) is 0 Å². The number of aliphatic imine (C=N–C) groups is 1. The van der Waals surface area contributed by atoms with Crippen LogP contribution in [0.3, 0.4) is 0 Å². The summed E-state index contributed by atoms with van der Waals surface area (Å²) in [5, 5.41) is 0.834. The van der Waals surface area contributed by atoms with Crippen molar-refractivity contribution in [1.82, 2.24) is 0 Å². The third-order valence-corrected chi connectivity index (χ3v) is 7.16. The number of benzene rings is 2. The Bertz CT molecular complexity index is 898. The molecule has 0 aromatic heterocycles. The molecule has 2 aliphatic rings. The first kappa shape index (κ1) is 16.6. The summed E-state index contributed by atoms with van der Waals surface area (Å²) in [5.41, 5.74) is 1.96. The highest BCUT2D eigenvalue weighted by atomic mass is 32.2. The highest BCUT2D eigenvalue weighted by Crippen LogP contribution is 2.35. The molecule has 0 amide bonds. The molecule has 4 nitrogen and oxygen atoms in total. The lowest BCUT2D eigenvalue weighted by Crippen LogP contribution is -2.39. The van der Waals surface area contributed by atoms with Crippen LogP contribution in [0.2, 0.25) is 0 Å². The van der Waals surface area contributed by atoms with Crippen LogP contribution in [0.25, 0.3) is 0 Å². The van der Waals surface area contributed by atoms with Gasteiger partial charge in [-0.05, 0) is 29.8 Å². The van der Waals surface area contributed by atoms with Crippen LogP contribution in [0.15, 0.2) is 59.6 Å². The van der Waals surface area contributed by atoms with E-state index in [1.165, 1.54) is 12.1 Å². The molecule has 2 heterocycles. The Hall–Kier alpha value is -1.86. The van der Waals surface area contributed by atoms with Gasteiger partial charge in [0.15, 0.2) is 15.0 Å². The van der Waals surface area contributed by atoms with Gasteiger partial charge in [0, 0.05) is 11.4 Å². The van der Waals surface area contributed by atoms with Crippen LogP contribution >= 0.6 is 11.8 Å². The highest BCUT2D eigenvalue weighted by Gasteiger charge is 2.47. The summed E-state index contributed by atoms with van der Waals surface area (Å²) in [5.74, 6) is 0.657. The lowest BCUT2D eigenvalue weighted by molar-refractivity contribution is 0.601. The Morgan fingerprint density at radius 1 is 1.08 bits per heavy atom. The van der Waals surface area contributed by atoms with E-state index in [1.807, 2.05) is 35.2 Å². The van der Waals surface area contributed by atoms with Crippen molar-refractivity contribution in [3.05, 3.63) is 66.0 Å². The molecule has 0 unspecified atom stereocenters. The maximum Gasteiger partial charge on any atom is 0.164 e. The number of para-hydroxylation sites is 1. The Labute approximate surface area is 150 Å². The van der Waals surface area contributed by atoms with Gasteiger partial charge in [-0.1, -0.05) is 42.1 Å². The largest absolute Gasteiger partial charge is 0.315 e. The molecule has 0 saturated carbocycles. The van der Waals surface area contributed by atoms with Crippen LogP contribution < -0.4 is 4.90 Å². The van der Waals surface area contributed by atoms with Gasteiger partial charge in [-0.25, -0.2) is 12.8 Å². The molecule has 1 fully saturated rings. The van der Waals surface area contributed by atoms with Crippen LogP contribution in [-0.4, -0.2) is 37.2 Å². The average Bonchev–Trinajstić information content (AvgIpc) is 3.06. The Morgan fingerprint density at radius 3 is 2.52 bits per heavy atom. The summed E-state index contributed by atoms with van der Waals surface area (Å²) in [4.78, 5) is 6.73. The van der Waals surface area contributed by atoms with E-state index in [-0.39, 0.29) is 29.4 Å². The second-order valence-electron chi connectivity index (χ2n) is 6.24. The minimum absolute atomic E-state index is 0.113. The summed E-state index contributed by atoms with van der Waals surface area (Å²) < 4.78 is 37.0. The third kappa shape index (κ3) is 3.43. The van der Waals surface area contributed by atoms with Gasteiger partial charge < -0.3 is 4.90 Å². The van der Waals surface area contributed by atoms with Crippen molar-refractivity contribution in [2.75, 3.05) is 16.4 Å². The molecule has 0 radical (unpaired) electrons. The fraction of sp³-hybridized carbons (Fsp3) is 0.278. The molecule has 2 aliphatic heterocycles. The van der Waals surface area contributed by atoms with Gasteiger partial charge in [-0.2, -0.15) is 0 Å². The van der Waals surface area contributed by atoms with Gasteiger partial charge in [0.1, 0.15) is 5.82 Å². The summed E-state index contributed by atoms with van der Waals surface area (Å²) in [6.45, 7) is 0. The number of halogens is 1. The fourth-order valence-corrected chi connectivity index (χ4v) is 6.17. The van der Waals surface area contributed by atoms with E-state index in [0.717, 1.165) is 16.4 Å². The van der Waals surface area contributed by atoms with E-state index in [9.17, 15) is 12.8 Å². The summed E-state index contributed by atoms with van der Waals surface area (Å²) in [6, 6.07) is 15.8. The van der Waals surface area contributed by atoms with E-state index in [2.05, 4.69) is 4.99 Å². The number of rotatable bonds is 3. The molecule has 2 aromatic carbocycles. The lowest BCUT2D eigenvalue weighted by atomic mass is 10.1. The van der Waals surface area contributed by atoms with Crippen molar-refractivity contribution in [1.29, 1.82) is 0 Å². The second-order valence-corrected chi connectivity index (χ2v) is 9.34. The normalized spacial score (nSPS) is 24.2. The first-order valence-corrected chi connectivity index (χ1v) is 10.8. The second kappa shape index (κ2) is 6.46. The lowest BCUT2D eigenvalue weighted by Gasteiger charge is -2.26. The molecule has 2 aromatic rings. The van der Waals surface area contributed by atoms with Crippen LogP contribution in [0.4, 0.5) is 10.1 Å². The topological polar surface area (TPSA) is 49.7 Å². The van der Waals surface area contributed by atoms with Crippen LogP contribution in [-0.2, 0) is 15.6 Å². The molecule has 1 saturated heterocycles. The number of anilines is 1. The van der Waals surface area contributed by atoms with E-state index < -0.39 is 9.84 Å². The quantitative estimate of drug-likeness (QED) is 0.826. The monoisotopic (exact) mass is 376 g/mol. The molecule has 25 heavy (non-hydrogen) atoms. The number of nitrogens with zero attached hydrogens (tertiary/aromatic N) is 2. The molecule has 0 spiro atoms. The first-order chi connectivity index (χ1) is 12.0. The Morgan fingerprint density at radius 2 is 1.80 bits per heavy atom. The Kier molecular flexibility index (Phi) is 4.29. The summed E-state index contributed by atoms with van der Waals surface area (Å²) >= 11 is 1.56. The molecule has 4 rings (SSSR count). The van der Waals surface area contributed by atoms with Gasteiger partial charge in [-0.3, -0.25) is 4.99 Å². The number of amidine groups is 1.